The van der Waals surface area contributed by atoms with Crippen LogP contribution in [0.2, 0.25) is 0 Å². The van der Waals surface area contributed by atoms with E-state index in [2.05, 4.69) is 21.2 Å². The van der Waals surface area contributed by atoms with Crippen molar-refractivity contribution in [3.05, 3.63) is 34.3 Å². The van der Waals surface area contributed by atoms with Gasteiger partial charge in [0, 0.05) is 10.9 Å². The Balaban J connectivity index is 2.21. The molecule has 132 valence electrons. The normalized spacial score (nSPS) is 21.0. The van der Waals surface area contributed by atoms with Crippen LogP contribution in [0.5, 0.6) is 0 Å². The topological polar surface area (TPSA) is 98.8 Å². The zero-order valence-corrected chi connectivity index (χ0v) is 15.6. The molecule has 0 spiro atoms. The minimum Gasteiger partial charge on any atom is -0.386 e. The molecule has 1 saturated heterocycles. The molecule has 0 aliphatic carbocycles. The second-order valence-electron chi connectivity index (χ2n) is 5.64. The molecule has 24 heavy (non-hydrogen) atoms. The average molecular weight is 420 g/mol. The Morgan fingerprint density at radius 3 is 2.50 bits per heavy atom. The third-order valence-corrected chi connectivity index (χ3v) is 5.92. The third kappa shape index (κ3) is 4.02. The number of halogens is 1. The first-order valence-electron chi connectivity index (χ1n) is 7.38. The van der Waals surface area contributed by atoms with Crippen LogP contribution in [0.4, 0.5) is 0 Å². The Labute approximate surface area is 149 Å². The molecule has 0 aromatic heterocycles. The molecule has 0 saturated carbocycles. The predicted molar refractivity (Wildman–Crippen MR) is 89.7 cm³/mol. The highest BCUT2D eigenvalue weighted by molar-refractivity contribution is 9.10. The Morgan fingerprint density at radius 1 is 1.29 bits per heavy atom. The van der Waals surface area contributed by atoms with Crippen molar-refractivity contribution in [2.24, 2.45) is 0 Å². The molecule has 1 N–H and O–H groups in total. The molecule has 0 unspecified atom stereocenters. The van der Waals surface area contributed by atoms with Crippen LogP contribution in [-0.2, 0) is 23.8 Å². The molecule has 1 fully saturated rings. The molecule has 9 heteroatoms. The van der Waals surface area contributed by atoms with E-state index in [1.54, 1.807) is 18.2 Å². The average Bonchev–Trinajstić information content (AvgIpc) is 2.96. The summed E-state index contributed by atoms with van der Waals surface area (Å²) in [5, 5.41) is 1.88. The smallest absolute Gasteiger partial charge is 0.363 e. The molecule has 2 rings (SSSR count). The lowest BCUT2D eigenvalue weighted by Crippen LogP contribution is -2.53. The quantitative estimate of drug-likeness (QED) is 0.442. The Morgan fingerprint density at radius 2 is 1.96 bits per heavy atom. The predicted octanol–water partition coefficient (Wildman–Crippen LogP) is 1.97. The van der Waals surface area contributed by atoms with Crippen molar-refractivity contribution >= 4 is 38.0 Å². The molecule has 0 radical (unpaired) electrons. The maximum atomic E-state index is 12.5. The van der Waals surface area contributed by atoms with Gasteiger partial charge in [0.15, 0.2) is 0 Å². The summed E-state index contributed by atoms with van der Waals surface area (Å²) >= 11 is 3.20. The minimum absolute atomic E-state index is 0.0982. The maximum absolute atomic E-state index is 12.5. The fourth-order valence-corrected chi connectivity index (χ4v) is 3.38. The fourth-order valence-electron chi connectivity index (χ4n) is 2.14. The summed E-state index contributed by atoms with van der Waals surface area (Å²) in [6.07, 6.45) is 0.618. The van der Waals surface area contributed by atoms with Gasteiger partial charge in [-0.3, -0.25) is 5.32 Å². The Bertz CT molecular complexity index is 740. The van der Waals surface area contributed by atoms with Crippen LogP contribution >= 0.6 is 15.9 Å². The molecule has 1 heterocycles. The molecular formula is C15H18BrNO6S. The van der Waals surface area contributed by atoms with Crippen molar-refractivity contribution in [1.29, 1.82) is 0 Å². The number of hydrogen-bond donors (Lipinski definition) is 1. The van der Waals surface area contributed by atoms with E-state index < -0.39 is 33.0 Å². The molecule has 1 aromatic rings. The molecule has 1 aromatic carbocycles. The molecule has 1 aliphatic heterocycles. The van der Waals surface area contributed by atoms with Crippen molar-refractivity contribution in [1.82, 2.24) is 5.32 Å². The van der Waals surface area contributed by atoms with Crippen molar-refractivity contribution in [2.75, 3.05) is 6.54 Å². The monoisotopic (exact) mass is 419 g/mol. The van der Waals surface area contributed by atoms with Gasteiger partial charge in [-0.2, -0.15) is 8.42 Å². The third-order valence-electron chi connectivity index (χ3n) is 3.56. The number of nitrogens with one attached hydrogen (secondary N) is 1. The van der Waals surface area contributed by atoms with E-state index in [1.807, 2.05) is 0 Å². The maximum Gasteiger partial charge on any atom is 0.363 e. The second-order valence-corrected chi connectivity index (χ2v) is 8.59. The molecule has 0 amide bonds. The van der Waals surface area contributed by atoms with Crippen molar-refractivity contribution in [3.63, 3.8) is 0 Å². The van der Waals surface area contributed by atoms with Crippen LogP contribution in [0.1, 0.15) is 37.0 Å². The number of carbonyl (C=O) groups excluding carboxylic acids is 2. The zero-order chi connectivity index (χ0) is 18.0. The van der Waals surface area contributed by atoms with Gasteiger partial charge in [0.2, 0.25) is 5.72 Å². The van der Waals surface area contributed by atoms with Crippen molar-refractivity contribution < 1.29 is 26.9 Å². The standard InChI is InChI=1S/C15H18BrNO6S/c1-10(2)24(20,21)23-15(8-5-9-17-15)14(19)22-13(18)11-6-3-4-7-12(11)16/h3-4,6-7,10,17H,5,8-9H2,1-2H3/t15-/m1/s1. The lowest BCUT2D eigenvalue weighted by molar-refractivity contribution is -0.157. The van der Waals surface area contributed by atoms with Crippen molar-refractivity contribution in [2.45, 2.75) is 37.7 Å². The van der Waals surface area contributed by atoms with Crippen LogP contribution < -0.4 is 5.32 Å². The lowest BCUT2D eigenvalue weighted by Gasteiger charge is -2.26. The summed E-state index contributed by atoms with van der Waals surface area (Å²) in [4.78, 5) is 24.6. The van der Waals surface area contributed by atoms with Crippen LogP contribution in [0.15, 0.2) is 28.7 Å². The number of esters is 2. The Hall–Kier alpha value is -1.29. The number of ether oxygens (including phenoxy) is 1. The number of hydrogen-bond acceptors (Lipinski definition) is 7. The van der Waals surface area contributed by atoms with Crippen molar-refractivity contribution in [3.8, 4) is 0 Å². The van der Waals surface area contributed by atoms with Gasteiger partial charge in [-0.25, -0.2) is 13.8 Å². The summed E-state index contributed by atoms with van der Waals surface area (Å²) in [7, 11) is -3.98. The second kappa shape index (κ2) is 7.30. The van der Waals surface area contributed by atoms with E-state index >= 15 is 0 Å². The zero-order valence-electron chi connectivity index (χ0n) is 13.2. The molecule has 7 nitrogen and oxygen atoms in total. The summed E-state index contributed by atoms with van der Waals surface area (Å²) in [5.74, 6) is -1.95. The highest BCUT2D eigenvalue weighted by Crippen LogP contribution is 2.27. The van der Waals surface area contributed by atoms with E-state index in [-0.39, 0.29) is 12.0 Å². The van der Waals surface area contributed by atoms with Crippen LogP contribution in [-0.4, -0.2) is 37.9 Å². The summed E-state index contributed by atoms with van der Waals surface area (Å²) in [6.45, 7) is 3.26. The van der Waals surface area contributed by atoms with Crippen LogP contribution in [0, 0.1) is 0 Å². The summed E-state index contributed by atoms with van der Waals surface area (Å²) < 4.78 is 34.5. The van der Waals surface area contributed by atoms with Gasteiger partial charge < -0.3 is 4.74 Å². The highest BCUT2D eigenvalue weighted by Gasteiger charge is 2.49. The first kappa shape index (κ1) is 19.0. The SMILES string of the molecule is CC(C)S(=O)(=O)O[C@@]1(C(=O)OC(=O)c2ccccc2Br)CCCN1. The molecule has 1 atom stereocenters. The fraction of sp³-hybridized carbons (Fsp3) is 0.467. The number of carbonyl (C=O) groups is 2. The van der Waals surface area contributed by atoms with Gasteiger partial charge in [0.05, 0.1) is 10.8 Å². The lowest BCUT2D eigenvalue weighted by atomic mass is 10.1. The summed E-state index contributed by atoms with van der Waals surface area (Å²) in [5.41, 5.74) is -1.70. The van der Waals surface area contributed by atoms with Gasteiger partial charge in [-0.1, -0.05) is 12.1 Å². The summed E-state index contributed by atoms with van der Waals surface area (Å²) in [6, 6.07) is 6.45. The van der Waals surface area contributed by atoms with E-state index in [0.717, 1.165) is 0 Å². The minimum atomic E-state index is -3.98. The van der Waals surface area contributed by atoms with Crippen LogP contribution in [0.3, 0.4) is 0 Å². The molecular weight excluding hydrogens is 402 g/mol. The van der Waals surface area contributed by atoms with E-state index in [9.17, 15) is 18.0 Å². The van der Waals surface area contributed by atoms with Gasteiger partial charge in [0.1, 0.15) is 0 Å². The first-order chi connectivity index (χ1) is 11.2. The van der Waals surface area contributed by atoms with E-state index in [0.29, 0.717) is 17.4 Å². The Kier molecular flexibility index (Phi) is 5.79. The van der Waals surface area contributed by atoms with Gasteiger partial charge in [0.25, 0.3) is 10.1 Å². The number of rotatable bonds is 5. The van der Waals surface area contributed by atoms with Gasteiger partial charge in [-0.05, 0) is 54.9 Å². The first-order valence-corrected chi connectivity index (χ1v) is 9.65. The van der Waals surface area contributed by atoms with Gasteiger partial charge >= 0.3 is 11.9 Å². The largest absolute Gasteiger partial charge is 0.386 e. The van der Waals surface area contributed by atoms with Crippen LogP contribution in [0.25, 0.3) is 0 Å². The van der Waals surface area contributed by atoms with Gasteiger partial charge in [-0.15, -0.1) is 0 Å². The number of benzene rings is 1. The highest BCUT2D eigenvalue weighted by atomic mass is 79.9. The van der Waals surface area contributed by atoms with E-state index in [1.165, 1.54) is 19.9 Å². The molecule has 0 bridgehead atoms. The molecule has 1 aliphatic rings. The van der Waals surface area contributed by atoms with E-state index in [4.69, 9.17) is 8.92 Å².